The van der Waals surface area contributed by atoms with Crippen LogP contribution >= 0.6 is 0 Å². The summed E-state index contributed by atoms with van der Waals surface area (Å²) in [5.41, 5.74) is 2.60. The average Bonchev–Trinajstić information content (AvgIpc) is 3.28. The number of hydrogen-bond acceptors (Lipinski definition) is 6. The quantitative estimate of drug-likeness (QED) is 0.808. The van der Waals surface area contributed by atoms with E-state index in [-0.39, 0.29) is 12.0 Å². The summed E-state index contributed by atoms with van der Waals surface area (Å²) in [5.74, 6) is 1.63. The van der Waals surface area contributed by atoms with E-state index < -0.39 is 0 Å². The lowest BCUT2D eigenvalue weighted by molar-refractivity contribution is 0.258. The lowest BCUT2D eigenvalue weighted by Gasteiger charge is -2.23. The van der Waals surface area contributed by atoms with Crippen LogP contribution in [0, 0.1) is 29.6 Å². The second kappa shape index (κ2) is 7.32. The largest absolute Gasteiger partial charge is 0.484 e. The van der Waals surface area contributed by atoms with Crippen LogP contribution in [0.25, 0.3) is 0 Å². The fourth-order valence-corrected chi connectivity index (χ4v) is 3.27. The Labute approximate surface area is 160 Å². The fraction of sp³-hybridized carbons (Fsp3) is 0.476. The topological polar surface area (TPSA) is 86.1 Å². The Morgan fingerprint density at radius 2 is 1.89 bits per heavy atom. The van der Waals surface area contributed by atoms with E-state index in [1.54, 1.807) is 0 Å². The first-order valence-corrected chi connectivity index (χ1v) is 9.16. The molecule has 0 unspecified atom stereocenters. The highest BCUT2D eigenvalue weighted by Crippen LogP contribution is 2.34. The summed E-state index contributed by atoms with van der Waals surface area (Å²) < 4.78 is 11.8. The molecule has 0 spiro atoms. The summed E-state index contributed by atoms with van der Waals surface area (Å²) >= 11 is 0. The first kappa shape index (κ1) is 18.8. The molecule has 0 atom stereocenters. The van der Waals surface area contributed by atoms with Crippen molar-refractivity contribution in [2.75, 3.05) is 18.0 Å². The first-order valence-electron chi connectivity index (χ1n) is 9.16. The number of rotatable bonds is 4. The summed E-state index contributed by atoms with van der Waals surface area (Å²) in [5, 5.41) is 18.7. The van der Waals surface area contributed by atoms with E-state index in [2.05, 4.69) is 42.8 Å². The maximum absolute atomic E-state index is 9.35. The molecule has 1 saturated heterocycles. The molecular weight excluding hydrogens is 340 g/mol. The van der Waals surface area contributed by atoms with Crippen LogP contribution in [0.2, 0.25) is 0 Å². The lowest BCUT2D eigenvalue weighted by atomic mass is 9.84. The van der Waals surface area contributed by atoms with Gasteiger partial charge in [-0.05, 0) is 42.9 Å². The Balaban J connectivity index is 1.86. The minimum Gasteiger partial charge on any atom is -0.484 e. The molecule has 2 aromatic rings. The van der Waals surface area contributed by atoms with Gasteiger partial charge < -0.3 is 14.1 Å². The monoisotopic (exact) mass is 364 g/mol. The molecule has 1 aliphatic heterocycles. The zero-order chi connectivity index (χ0) is 19.6. The van der Waals surface area contributed by atoms with Gasteiger partial charge in [0.2, 0.25) is 17.5 Å². The molecule has 27 heavy (non-hydrogen) atoms. The molecule has 0 radical (unpaired) electrons. The van der Waals surface area contributed by atoms with Gasteiger partial charge in [0.05, 0.1) is 11.6 Å². The minimum atomic E-state index is -0.177. The normalized spacial score (nSPS) is 14.1. The van der Waals surface area contributed by atoms with Crippen molar-refractivity contribution in [3.63, 3.8) is 0 Å². The SMILES string of the molecule is Cc1cc(OCc2nc(C#N)c(N3CCCC3)o2)c(C(C)(C)C)cc1C#N. The number of oxazole rings is 1. The summed E-state index contributed by atoms with van der Waals surface area (Å²) in [6.07, 6.45) is 2.19. The third kappa shape index (κ3) is 3.90. The molecule has 1 aromatic carbocycles. The fourth-order valence-electron chi connectivity index (χ4n) is 3.27. The molecule has 0 saturated carbocycles. The molecule has 0 bridgehead atoms. The maximum atomic E-state index is 9.35. The third-order valence-corrected chi connectivity index (χ3v) is 4.76. The van der Waals surface area contributed by atoms with Gasteiger partial charge in [-0.25, -0.2) is 0 Å². The van der Waals surface area contributed by atoms with Gasteiger partial charge in [-0.3, -0.25) is 0 Å². The molecular formula is C21H24N4O2. The number of nitrogens with zero attached hydrogens (tertiary/aromatic N) is 4. The van der Waals surface area contributed by atoms with Crippen LogP contribution in [0.5, 0.6) is 5.75 Å². The van der Waals surface area contributed by atoms with Gasteiger partial charge in [0.1, 0.15) is 11.8 Å². The number of anilines is 1. The lowest BCUT2D eigenvalue weighted by Crippen LogP contribution is -2.17. The summed E-state index contributed by atoms with van der Waals surface area (Å²) in [4.78, 5) is 6.35. The molecule has 1 fully saturated rings. The van der Waals surface area contributed by atoms with Crippen molar-refractivity contribution in [3.8, 4) is 17.9 Å². The number of aromatic nitrogens is 1. The van der Waals surface area contributed by atoms with E-state index in [0.717, 1.165) is 37.1 Å². The molecule has 2 heterocycles. The van der Waals surface area contributed by atoms with E-state index in [4.69, 9.17) is 9.15 Å². The molecule has 0 amide bonds. The summed E-state index contributed by atoms with van der Waals surface area (Å²) in [7, 11) is 0. The molecule has 0 aliphatic carbocycles. The second-order valence-electron chi connectivity index (χ2n) is 7.88. The Morgan fingerprint density at radius 1 is 1.19 bits per heavy atom. The molecule has 6 heteroatoms. The number of nitriles is 2. The van der Waals surface area contributed by atoms with Crippen molar-refractivity contribution in [2.24, 2.45) is 0 Å². The van der Waals surface area contributed by atoms with E-state index in [1.165, 1.54) is 0 Å². The highest BCUT2D eigenvalue weighted by molar-refractivity contribution is 5.50. The number of aryl methyl sites for hydroxylation is 1. The second-order valence-corrected chi connectivity index (χ2v) is 7.88. The predicted octanol–water partition coefficient (Wildman–Crippen LogP) is 4.20. The highest BCUT2D eigenvalue weighted by atomic mass is 16.5. The van der Waals surface area contributed by atoms with Crippen LogP contribution in [0.4, 0.5) is 5.88 Å². The van der Waals surface area contributed by atoms with Crippen molar-refractivity contribution < 1.29 is 9.15 Å². The van der Waals surface area contributed by atoms with Crippen molar-refractivity contribution in [1.82, 2.24) is 4.98 Å². The van der Waals surface area contributed by atoms with Gasteiger partial charge >= 0.3 is 0 Å². The van der Waals surface area contributed by atoms with Crippen molar-refractivity contribution in [2.45, 2.75) is 52.6 Å². The van der Waals surface area contributed by atoms with E-state index >= 15 is 0 Å². The van der Waals surface area contributed by atoms with Crippen LogP contribution < -0.4 is 9.64 Å². The van der Waals surface area contributed by atoms with Crippen LogP contribution in [-0.4, -0.2) is 18.1 Å². The molecule has 3 rings (SSSR count). The predicted molar refractivity (Wildman–Crippen MR) is 102 cm³/mol. The van der Waals surface area contributed by atoms with E-state index in [0.29, 0.717) is 28.8 Å². The smallest absolute Gasteiger partial charge is 0.236 e. The molecule has 140 valence electrons. The maximum Gasteiger partial charge on any atom is 0.236 e. The van der Waals surface area contributed by atoms with E-state index in [9.17, 15) is 10.5 Å². The molecule has 1 aliphatic rings. The summed E-state index contributed by atoms with van der Waals surface area (Å²) in [6, 6.07) is 8.11. The number of ether oxygens (including phenoxy) is 1. The Kier molecular flexibility index (Phi) is 5.10. The Hall–Kier alpha value is -2.99. The minimum absolute atomic E-state index is 0.136. The van der Waals surface area contributed by atoms with Gasteiger partial charge in [-0.1, -0.05) is 20.8 Å². The zero-order valence-corrected chi connectivity index (χ0v) is 16.3. The van der Waals surface area contributed by atoms with Gasteiger partial charge in [0.15, 0.2) is 6.61 Å². The van der Waals surface area contributed by atoms with Crippen LogP contribution in [0.3, 0.4) is 0 Å². The van der Waals surface area contributed by atoms with Crippen molar-refractivity contribution in [1.29, 1.82) is 10.5 Å². The molecule has 1 aromatic heterocycles. The average molecular weight is 364 g/mol. The Morgan fingerprint density at radius 3 is 2.48 bits per heavy atom. The summed E-state index contributed by atoms with van der Waals surface area (Å²) in [6.45, 7) is 10.0. The van der Waals surface area contributed by atoms with Crippen molar-refractivity contribution in [3.05, 3.63) is 40.4 Å². The molecule has 0 N–H and O–H groups in total. The third-order valence-electron chi connectivity index (χ3n) is 4.76. The number of hydrogen-bond donors (Lipinski definition) is 0. The standard InChI is InChI=1S/C21H24N4O2/c1-14-9-18(16(21(2,3)4)10-15(14)11-22)26-13-19-24-17(12-23)20(27-19)25-7-5-6-8-25/h9-10H,5-8,13H2,1-4H3. The van der Waals surface area contributed by atoms with Crippen LogP contribution in [-0.2, 0) is 12.0 Å². The van der Waals surface area contributed by atoms with Crippen LogP contribution in [0.1, 0.15) is 61.9 Å². The number of benzene rings is 1. The van der Waals surface area contributed by atoms with Gasteiger partial charge in [0.25, 0.3) is 0 Å². The first-order chi connectivity index (χ1) is 12.8. The Bertz CT molecular complexity index is 919. The van der Waals surface area contributed by atoms with E-state index in [1.807, 2.05) is 19.1 Å². The molecule has 6 nitrogen and oxygen atoms in total. The van der Waals surface area contributed by atoms with Crippen LogP contribution in [0.15, 0.2) is 16.5 Å². The van der Waals surface area contributed by atoms with Gasteiger partial charge in [-0.2, -0.15) is 15.5 Å². The highest BCUT2D eigenvalue weighted by Gasteiger charge is 2.24. The van der Waals surface area contributed by atoms with Gasteiger partial charge in [-0.15, -0.1) is 0 Å². The zero-order valence-electron chi connectivity index (χ0n) is 16.3. The van der Waals surface area contributed by atoms with Gasteiger partial charge in [0, 0.05) is 18.7 Å². The van der Waals surface area contributed by atoms with Crippen molar-refractivity contribution >= 4 is 5.88 Å².